The molecule has 3 aromatic rings. The van der Waals surface area contributed by atoms with Crippen LogP contribution < -0.4 is 5.36 Å². The van der Waals surface area contributed by atoms with Crippen LogP contribution in [0, 0.1) is 0 Å². The molecule has 84 valence electrons. The lowest BCUT2D eigenvalue weighted by Gasteiger charge is -2.02. The first kappa shape index (κ1) is 10.6. The standard InChI is InChI=1S/C13H8INO2/c14-17-15-13-9-5-1-3-7-11(9)16-12-8-4-2-6-10(12)13/h1-8H. The van der Waals surface area contributed by atoms with Gasteiger partial charge in [-0.3, -0.25) is 0 Å². The predicted octanol–water partition coefficient (Wildman–Crippen LogP) is 3.77. The first-order chi connectivity index (χ1) is 8.40. The number of benzene rings is 2. The Hall–Kier alpha value is -1.56. The van der Waals surface area contributed by atoms with Crippen molar-refractivity contribution in [2.24, 2.45) is 5.16 Å². The summed E-state index contributed by atoms with van der Waals surface area (Å²) in [5.74, 6) is 0. The zero-order valence-corrected chi connectivity index (χ0v) is 10.9. The summed E-state index contributed by atoms with van der Waals surface area (Å²) in [6, 6.07) is 15.6. The fraction of sp³-hybridized carbons (Fsp3) is 0. The van der Waals surface area contributed by atoms with Crippen LogP contribution in [-0.2, 0) is 3.17 Å². The molecule has 0 bridgehead atoms. The van der Waals surface area contributed by atoms with Gasteiger partial charge in [0.05, 0.1) is 0 Å². The minimum absolute atomic E-state index is 0.803. The average molecular weight is 337 g/mol. The van der Waals surface area contributed by atoms with Gasteiger partial charge in [-0.1, -0.05) is 29.4 Å². The third-order valence-corrected chi connectivity index (χ3v) is 2.83. The Bertz CT molecular complexity index is 692. The fourth-order valence-electron chi connectivity index (χ4n) is 1.90. The minimum atomic E-state index is 0.803. The van der Waals surface area contributed by atoms with E-state index in [9.17, 15) is 0 Å². The topological polar surface area (TPSA) is 34.7 Å². The van der Waals surface area contributed by atoms with Crippen LogP contribution in [0.1, 0.15) is 0 Å². The maximum absolute atomic E-state index is 5.82. The van der Waals surface area contributed by atoms with Crippen molar-refractivity contribution in [2.75, 3.05) is 0 Å². The lowest BCUT2D eigenvalue weighted by Crippen LogP contribution is -2.04. The van der Waals surface area contributed by atoms with Crippen molar-refractivity contribution >= 4 is 44.9 Å². The Morgan fingerprint density at radius 1 is 0.882 bits per heavy atom. The Morgan fingerprint density at radius 3 is 1.94 bits per heavy atom. The summed E-state index contributed by atoms with van der Waals surface area (Å²) in [4.78, 5) is 0. The van der Waals surface area contributed by atoms with Gasteiger partial charge in [-0.25, -0.2) is 0 Å². The van der Waals surface area contributed by atoms with Gasteiger partial charge < -0.3 is 7.58 Å². The first-order valence-corrected chi connectivity index (χ1v) is 6.00. The molecule has 0 fully saturated rings. The summed E-state index contributed by atoms with van der Waals surface area (Å²) < 4.78 is 10.7. The van der Waals surface area contributed by atoms with E-state index in [-0.39, 0.29) is 0 Å². The molecule has 1 aromatic heterocycles. The second kappa shape index (κ2) is 4.37. The van der Waals surface area contributed by atoms with E-state index in [4.69, 9.17) is 7.58 Å². The minimum Gasteiger partial charge on any atom is -0.456 e. The molecule has 0 saturated heterocycles. The van der Waals surface area contributed by atoms with Crippen molar-refractivity contribution in [2.45, 2.75) is 0 Å². The van der Waals surface area contributed by atoms with Crippen LogP contribution in [0.25, 0.3) is 21.9 Å². The van der Waals surface area contributed by atoms with Crippen LogP contribution in [0.2, 0.25) is 0 Å². The molecule has 0 aliphatic heterocycles. The van der Waals surface area contributed by atoms with E-state index in [1.807, 2.05) is 48.5 Å². The molecule has 0 N–H and O–H groups in total. The quantitative estimate of drug-likeness (QED) is 0.385. The summed E-state index contributed by atoms with van der Waals surface area (Å²) in [7, 11) is 0. The zero-order chi connectivity index (χ0) is 11.7. The van der Waals surface area contributed by atoms with E-state index in [0.29, 0.717) is 0 Å². The van der Waals surface area contributed by atoms with Crippen LogP contribution in [0.3, 0.4) is 0 Å². The van der Waals surface area contributed by atoms with E-state index in [1.165, 1.54) is 0 Å². The van der Waals surface area contributed by atoms with Gasteiger partial charge in [0, 0.05) is 10.8 Å². The normalized spacial score (nSPS) is 10.6. The SMILES string of the molecule is ION=c1c2ccccc2oc2ccccc12. The van der Waals surface area contributed by atoms with Crippen LogP contribution in [0.5, 0.6) is 0 Å². The Labute approximate surface area is 111 Å². The number of rotatable bonds is 1. The Balaban J connectivity index is 2.61. The van der Waals surface area contributed by atoms with E-state index in [0.717, 1.165) is 27.3 Å². The monoisotopic (exact) mass is 337 g/mol. The third kappa shape index (κ3) is 1.78. The van der Waals surface area contributed by atoms with Crippen LogP contribution in [0.4, 0.5) is 0 Å². The molecule has 0 aliphatic carbocycles. The van der Waals surface area contributed by atoms with Gasteiger partial charge in [-0.2, -0.15) is 0 Å². The van der Waals surface area contributed by atoms with Gasteiger partial charge in [0.1, 0.15) is 16.5 Å². The largest absolute Gasteiger partial charge is 0.456 e. The van der Waals surface area contributed by atoms with Crippen molar-refractivity contribution in [3.05, 3.63) is 53.9 Å². The molecular formula is C13H8INO2. The van der Waals surface area contributed by atoms with Gasteiger partial charge in [0.25, 0.3) is 0 Å². The predicted molar refractivity (Wildman–Crippen MR) is 74.4 cm³/mol. The molecule has 17 heavy (non-hydrogen) atoms. The molecule has 0 aliphatic rings. The molecule has 4 heteroatoms. The van der Waals surface area contributed by atoms with Gasteiger partial charge in [-0.05, 0) is 24.3 Å². The molecule has 0 saturated carbocycles. The number of hydrogen-bond donors (Lipinski definition) is 0. The highest BCUT2D eigenvalue weighted by atomic mass is 127. The smallest absolute Gasteiger partial charge is 0.230 e. The van der Waals surface area contributed by atoms with Crippen molar-refractivity contribution in [3.63, 3.8) is 0 Å². The van der Waals surface area contributed by atoms with Gasteiger partial charge in [0.15, 0.2) is 0 Å². The lowest BCUT2D eigenvalue weighted by molar-refractivity contribution is 0.445. The van der Waals surface area contributed by atoms with Crippen molar-refractivity contribution in [1.29, 1.82) is 0 Å². The van der Waals surface area contributed by atoms with Gasteiger partial charge >= 0.3 is 0 Å². The second-order valence-electron chi connectivity index (χ2n) is 3.60. The molecule has 3 rings (SSSR count). The van der Waals surface area contributed by atoms with Crippen LogP contribution in [0.15, 0.2) is 58.1 Å². The van der Waals surface area contributed by atoms with E-state index < -0.39 is 0 Å². The maximum Gasteiger partial charge on any atom is 0.230 e. The summed E-state index contributed by atoms with van der Waals surface area (Å²) in [5.41, 5.74) is 1.61. The Morgan fingerprint density at radius 2 is 1.41 bits per heavy atom. The second-order valence-corrected chi connectivity index (χ2v) is 4.00. The number of fused-ring (bicyclic) bond motifs is 2. The summed E-state index contributed by atoms with van der Waals surface area (Å²) in [6.07, 6.45) is 0. The Kier molecular flexibility index (Phi) is 2.72. The first-order valence-electron chi connectivity index (χ1n) is 5.12. The summed E-state index contributed by atoms with van der Waals surface area (Å²) in [6.45, 7) is 0. The molecular weight excluding hydrogens is 329 g/mol. The van der Waals surface area contributed by atoms with Gasteiger partial charge in [-0.15, -0.1) is 0 Å². The molecule has 3 nitrogen and oxygen atoms in total. The van der Waals surface area contributed by atoms with E-state index >= 15 is 0 Å². The number of halogens is 1. The summed E-state index contributed by atoms with van der Waals surface area (Å²) in [5, 5.41) is 6.79. The highest BCUT2D eigenvalue weighted by Gasteiger charge is 2.04. The van der Waals surface area contributed by atoms with Crippen molar-refractivity contribution in [3.8, 4) is 0 Å². The van der Waals surface area contributed by atoms with Crippen molar-refractivity contribution < 1.29 is 7.58 Å². The molecule has 0 radical (unpaired) electrons. The molecule has 1 heterocycles. The third-order valence-electron chi connectivity index (χ3n) is 2.63. The lowest BCUT2D eigenvalue weighted by atomic mass is 10.1. The zero-order valence-electron chi connectivity index (χ0n) is 8.76. The maximum atomic E-state index is 5.82. The average Bonchev–Trinajstić information content (AvgIpc) is 2.39. The molecule has 2 aromatic carbocycles. The van der Waals surface area contributed by atoms with Gasteiger partial charge in [0.2, 0.25) is 23.0 Å². The highest BCUT2D eigenvalue weighted by Crippen LogP contribution is 2.18. The van der Waals surface area contributed by atoms with E-state index in [2.05, 4.69) is 5.16 Å². The van der Waals surface area contributed by atoms with E-state index in [1.54, 1.807) is 23.0 Å². The number of para-hydroxylation sites is 2. The van der Waals surface area contributed by atoms with Crippen molar-refractivity contribution in [1.82, 2.24) is 0 Å². The van der Waals surface area contributed by atoms with Crippen LogP contribution >= 0.6 is 23.0 Å². The highest BCUT2D eigenvalue weighted by molar-refractivity contribution is 14.1. The fourth-order valence-corrected chi connectivity index (χ4v) is 2.10. The summed E-state index contributed by atoms with van der Waals surface area (Å²) >= 11 is 1.76. The molecule has 0 amide bonds. The molecule has 0 spiro atoms. The molecule has 0 unspecified atom stereocenters. The molecule has 0 atom stereocenters. The number of hydrogen-bond acceptors (Lipinski definition) is 3. The number of nitrogens with zero attached hydrogens (tertiary/aromatic N) is 1. The van der Waals surface area contributed by atoms with Crippen LogP contribution in [-0.4, -0.2) is 0 Å².